The first-order chi connectivity index (χ1) is 14.4. The molecule has 0 spiro atoms. The molecule has 0 aliphatic carbocycles. The summed E-state index contributed by atoms with van der Waals surface area (Å²) in [5.74, 6) is 0.975. The van der Waals surface area contributed by atoms with Gasteiger partial charge in [0.1, 0.15) is 25.4 Å². The second-order valence-electron chi connectivity index (χ2n) is 11.3. The van der Waals surface area contributed by atoms with E-state index in [0.29, 0.717) is 13.2 Å². The number of hydrogen-bond donors (Lipinski definition) is 0. The van der Waals surface area contributed by atoms with E-state index in [0.717, 1.165) is 36.3 Å². The maximum absolute atomic E-state index is 6.10. The Hall–Kier alpha value is -1.84. The average Bonchev–Trinajstić information content (AvgIpc) is 2.64. The molecule has 0 aliphatic rings. The fourth-order valence-corrected chi connectivity index (χ4v) is 4.71. The Balaban J connectivity index is 1.80. The lowest BCUT2D eigenvalue weighted by molar-refractivity contribution is -0.904. The second-order valence-corrected chi connectivity index (χ2v) is 11.3. The Labute approximate surface area is 191 Å². The highest BCUT2D eigenvalue weighted by molar-refractivity contribution is 5.43. The molecule has 0 heterocycles. The Kier molecular flexibility index (Phi) is 8.73. The molecule has 0 N–H and O–H groups in total. The van der Waals surface area contributed by atoms with Crippen molar-refractivity contribution >= 4 is 0 Å². The SMILES string of the molecule is Cc1c(OCCOCC[N+](C)(C)Cc2ccccc2)cccc1C(C)(C)CC(C)(C)C. The minimum atomic E-state index is 0.112. The molecular weight excluding hydrogens is 382 g/mol. The van der Waals surface area contributed by atoms with E-state index < -0.39 is 0 Å². The molecule has 0 atom stereocenters. The van der Waals surface area contributed by atoms with Crippen molar-refractivity contribution in [2.75, 3.05) is 40.5 Å². The lowest BCUT2D eigenvalue weighted by Gasteiger charge is -2.34. The normalized spacial score (nSPS) is 12.8. The summed E-state index contributed by atoms with van der Waals surface area (Å²) in [5.41, 5.74) is 4.38. The van der Waals surface area contributed by atoms with Crippen molar-refractivity contribution in [3.05, 3.63) is 65.2 Å². The summed E-state index contributed by atoms with van der Waals surface area (Å²) in [6.45, 7) is 17.7. The van der Waals surface area contributed by atoms with E-state index in [1.54, 1.807) is 0 Å². The van der Waals surface area contributed by atoms with Crippen LogP contribution < -0.4 is 4.74 Å². The van der Waals surface area contributed by atoms with Gasteiger partial charge >= 0.3 is 0 Å². The van der Waals surface area contributed by atoms with Crippen LogP contribution in [0.3, 0.4) is 0 Å². The van der Waals surface area contributed by atoms with E-state index in [1.807, 2.05) is 0 Å². The van der Waals surface area contributed by atoms with E-state index in [-0.39, 0.29) is 10.8 Å². The first kappa shape index (κ1) is 25.4. The van der Waals surface area contributed by atoms with Gasteiger partial charge in [-0.1, -0.05) is 77.1 Å². The number of ether oxygens (including phenoxy) is 2. The van der Waals surface area contributed by atoms with Gasteiger partial charge in [-0.15, -0.1) is 0 Å². The lowest BCUT2D eigenvalue weighted by Crippen LogP contribution is -2.41. The molecule has 0 saturated heterocycles. The van der Waals surface area contributed by atoms with Crippen LogP contribution in [0.2, 0.25) is 0 Å². The molecular formula is C28H44NO2+. The molecule has 172 valence electrons. The fourth-order valence-electron chi connectivity index (χ4n) is 4.71. The molecule has 0 fully saturated rings. The van der Waals surface area contributed by atoms with Gasteiger partial charge in [0.15, 0.2) is 0 Å². The number of nitrogens with zero attached hydrogens (tertiary/aromatic N) is 1. The van der Waals surface area contributed by atoms with Crippen molar-refractivity contribution in [3.8, 4) is 5.75 Å². The molecule has 0 aliphatic heterocycles. The third-order valence-corrected chi connectivity index (χ3v) is 5.77. The number of quaternary nitrogens is 1. The predicted octanol–water partition coefficient (Wildman–Crippen LogP) is 6.38. The van der Waals surface area contributed by atoms with Crippen molar-refractivity contribution < 1.29 is 14.0 Å². The van der Waals surface area contributed by atoms with Gasteiger partial charge in [-0.25, -0.2) is 0 Å². The molecule has 31 heavy (non-hydrogen) atoms. The van der Waals surface area contributed by atoms with Gasteiger partial charge in [-0.05, 0) is 41.4 Å². The Bertz CT molecular complexity index is 804. The first-order valence-electron chi connectivity index (χ1n) is 11.6. The van der Waals surface area contributed by atoms with Crippen LogP contribution in [0.4, 0.5) is 0 Å². The van der Waals surface area contributed by atoms with E-state index >= 15 is 0 Å². The van der Waals surface area contributed by atoms with Crippen LogP contribution in [0.1, 0.15) is 57.7 Å². The van der Waals surface area contributed by atoms with Crippen LogP contribution in [-0.2, 0) is 16.7 Å². The van der Waals surface area contributed by atoms with Crippen LogP contribution in [0, 0.1) is 12.3 Å². The van der Waals surface area contributed by atoms with Gasteiger partial charge in [-0.2, -0.15) is 0 Å². The molecule has 3 heteroatoms. The zero-order chi connectivity index (χ0) is 23.1. The van der Waals surface area contributed by atoms with Crippen molar-refractivity contribution in [2.45, 2.75) is 59.9 Å². The van der Waals surface area contributed by atoms with E-state index in [2.05, 4.69) is 104 Å². The lowest BCUT2D eigenvalue weighted by atomic mass is 9.71. The standard InChI is InChI=1S/C28H44NO2/c1-23-25(28(5,6)22-27(2,3)4)15-12-16-26(23)31-20-19-30-18-17-29(7,8)21-24-13-10-9-11-14-24/h9-16H,17-22H2,1-8H3/q+1. The molecule has 3 nitrogen and oxygen atoms in total. The average molecular weight is 427 g/mol. The van der Waals surface area contributed by atoms with Crippen molar-refractivity contribution in [3.63, 3.8) is 0 Å². The predicted molar refractivity (Wildman–Crippen MR) is 132 cm³/mol. The molecule has 0 radical (unpaired) electrons. The highest BCUT2D eigenvalue weighted by atomic mass is 16.5. The van der Waals surface area contributed by atoms with E-state index in [4.69, 9.17) is 9.47 Å². The highest BCUT2D eigenvalue weighted by Crippen LogP contribution is 2.39. The third-order valence-electron chi connectivity index (χ3n) is 5.77. The Morgan fingerprint density at radius 2 is 1.48 bits per heavy atom. The quantitative estimate of drug-likeness (QED) is 0.306. The smallest absolute Gasteiger partial charge is 0.122 e. The van der Waals surface area contributed by atoms with Gasteiger partial charge in [0.25, 0.3) is 0 Å². The van der Waals surface area contributed by atoms with Gasteiger partial charge in [0.05, 0.1) is 27.3 Å². The number of likely N-dealkylation sites (N-methyl/N-ethyl adjacent to an activating group) is 1. The highest BCUT2D eigenvalue weighted by Gasteiger charge is 2.29. The number of rotatable bonds is 11. The fraction of sp³-hybridized carbons (Fsp3) is 0.571. The monoisotopic (exact) mass is 426 g/mol. The Morgan fingerprint density at radius 3 is 2.13 bits per heavy atom. The number of benzene rings is 2. The summed E-state index contributed by atoms with van der Waals surface area (Å²) in [6.07, 6.45) is 1.13. The topological polar surface area (TPSA) is 18.5 Å². The third kappa shape index (κ3) is 8.66. The maximum Gasteiger partial charge on any atom is 0.122 e. The van der Waals surface area contributed by atoms with Crippen molar-refractivity contribution in [1.82, 2.24) is 0 Å². The van der Waals surface area contributed by atoms with E-state index in [9.17, 15) is 0 Å². The summed E-state index contributed by atoms with van der Waals surface area (Å²) in [7, 11) is 4.50. The van der Waals surface area contributed by atoms with Crippen LogP contribution in [0.5, 0.6) is 5.75 Å². The van der Waals surface area contributed by atoms with Crippen LogP contribution >= 0.6 is 0 Å². The first-order valence-corrected chi connectivity index (χ1v) is 11.6. The van der Waals surface area contributed by atoms with Crippen LogP contribution in [-0.4, -0.2) is 44.9 Å². The van der Waals surface area contributed by atoms with Crippen molar-refractivity contribution in [2.24, 2.45) is 5.41 Å². The van der Waals surface area contributed by atoms with Gasteiger partial charge in [-0.3, -0.25) is 0 Å². The molecule has 2 aromatic carbocycles. The molecule has 0 unspecified atom stereocenters. The molecule has 2 rings (SSSR count). The molecule has 0 aromatic heterocycles. The zero-order valence-corrected chi connectivity index (χ0v) is 21.1. The minimum absolute atomic E-state index is 0.112. The second kappa shape index (κ2) is 10.7. The summed E-state index contributed by atoms with van der Waals surface area (Å²) in [6, 6.07) is 17.1. The maximum atomic E-state index is 6.10. The Morgan fingerprint density at radius 1 is 0.806 bits per heavy atom. The van der Waals surface area contributed by atoms with Gasteiger partial charge < -0.3 is 14.0 Å². The summed E-state index contributed by atoms with van der Waals surface area (Å²) < 4.78 is 12.9. The van der Waals surface area contributed by atoms with Crippen molar-refractivity contribution in [1.29, 1.82) is 0 Å². The molecule has 0 amide bonds. The van der Waals surface area contributed by atoms with Gasteiger partial charge in [0, 0.05) is 5.56 Å². The largest absolute Gasteiger partial charge is 0.491 e. The minimum Gasteiger partial charge on any atom is -0.491 e. The van der Waals surface area contributed by atoms with Crippen LogP contribution in [0.25, 0.3) is 0 Å². The summed E-state index contributed by atoms with van der Waals surface area (Å²) in [4.78, 5) is 0. The van der Waals surface area contributed by atoms with E-state index in [1.165, 1.54) is 16.7 Å². The molecule has 0 bridgehead atoms. The van der Waals surface area contributed by atoms with Gasteiger partial charge in [0.2, 0.25) is 0 Å². The molecule has 2 aromatic rings. The molecule has 0 saturated carbocycles. The summed E-state index contributed by atoms with van der Waals surface area (Å²) in [5, 5.41) is 0. The number of hydrogen-bond acceptors (Lipinski definition) is 2. The zero-order valence-electron chi connectivity index (χ0n) is 21.1. The summed E-state index contributed by atoms with van der Waals surface area (Å²) >= 11 is 0. The van der Waals surface area contributed by atoms with Crippen LogP contribution in [0.15, 0.2) is 48.5 Å².